The molecule has 4 rings (SSSR count). The summed E-state index contributed by atoms with van der Waals surface area (Å²) >= 11 is 0. The predicted molar refractivity (Wildman–Crippen MR) is 103 cm³/mol. The summed E-state index contributed by atoms with van der Waals surface area (Å²) in [6.07, 6.45) is 5.26. The number of aliphatic hydroxyl groups is 1. The van der Waals surface area contributed by atoms with Crippen LogP contribution in [0.25, 0.3) is 0 Å². The highest BCUT2D eigenvalue weighted by Crippen LogP contribution is 2.39. The SMILES string of the molecule is OC(c1ccccc1)(c1ccccc1)c1ccc(C2CCCC2)cc1. The maximum absolute atomic E-state index is 11.8. The van der Waals surface area contributed by atoms with E-state index in [4.69, 9.17) is 0 Å². The molecule has 0 radical (unpaired) electrons. The molecule has 0 spiro atoms. The molecular weight excluding hydrogens is 304 g/mol. The Labute approximate surface area is 150 Å². The molecule has 0 atom stereocenters. The van der Waals surface area contributed by atoms with E-state index in [9.17, 15) is 5.11 Å². The molecule has 0 bridgehead atoms. The fourth-order valence-electron chi connectivity index (χ4n) is 4.11. The average Bonchev–Trinajstić information content (AvgIpc) is 3.24. The van der Waals surface area contributed by atoms with E-state index >= 15 is 0 Å². The van der Waals surface area contributed by atoms with Crippen molar-refractivity contribution in [2.75, 3.05) is 0 Å². The molecule has 0 heterocycles. The molecule has 3 aromatic carbocycles. The minimum absolute atomic E-state index is 0.690. The monoisotopic (exact) mass is 328 g/mol. The normalized spacial score (nSPS) is 15.4. The maximum atomic E-state index is 11.8. The highest BCUT2D eigenvalue weighted by atomic mass is 16.3. The van der Waals surface area contributed by atoms with E-state index in [2.05, 4.69) is 24.3 Å². The Bertz CT molecular complexity index is 760. The first kappa shape index (κ1) is 16.1. The summed E-state index contributed by atoms with van der Waals surface area (Å²) in [5, 5.41) is 11.8. The van der Waals surface area contributed by atoms with Gasteiger partial charge in [0.15, 0.2) is 0 Å². The zero-order chi connectivity index (χ0) is 17.1. The van der Waals surface area contributed by atoms with Crippen LogP contribution in [-0.2, 0) is 5.60 Å². The topological polar surface area (TPSA) is 20.2 Å². The van der Waals surface area contributed by atoms with Gasteiger partial charge in [-0.25, -0.2) is 0 Å². The van der Waals surface area contributed by atoms with Crippen LogP contribution in [-0.4, -0.2) is 5.11 Å². The fourth-order valence-corrected chi connectivity index (χ4v) is 4.11. The van der Waals surface area contributed by atoms with Gasteiger partial charge >= 0.3 is 0 Å². The van der Waals surface area contributed by atoms with Crippen molar-refractivity contribution in [1.29, 1.82) is 0 Å². The number of hydrogen-bond acceptors (Lipinski definition) is 1. The quantitative estimate of drug-likeness (QED) is 0.616. The Hall–Kier alpha value is -2.38. The second-order valence-corrected chi connectivity index (χ2v) is 7.05. The number of benzene rings is 3. The zero-order valence-electron chi connectivity index (χ0n) is 14.4. The van der Waals surface area contributed by atoms with E-state index in [1.54, 1.807) is 0 Å². The third-order valence-electron chi connectivity index (χ3n) is 5.54. The molecular formula is C24H24O. The number of rotatable bonds is 4. The lowest BCUT2D eigenvalue weighted by molar-refractivity contribution is 0.125. The van der Waals surface area contributed by atoms with Gasteiger partial charge in [0.25, 0.3) is 0 Å². The van der Waals surface area contributed by atoms with Crippen molar-refractivity contribution in [1.82, 2.24) is 0 Å². The Morgan fingerprint density at radius 3 is 1.52 bits per heavy atom. The maximum Gasteiger partial charge on any atom is 0.140 e. The van der Waals surface area contributed by atoms with Gasteiger partial charge in [-0.1, -0.05) is 97.8 Å². The van der Waals surface area contributed by atoms with Crippen molar-refractivity contribution < 1.29 is 5.11 Å². The van der Waals surface area contributed by atoms with Crippen LogP contribution >= 0.6 is 0 Å². The molecule has 0 unspecified atom stereocenters. The molecule has 3 aromatic rings. The summed E-state index contributed by atoms with van der Waals surface area (Å²) in [5.74, 6) is 0.690. The molecule has 1 aliphatic rings. The van der Waals surface area contributed by atoms with Gasteiger partial charge in [0, 0.05) is 0 Å². The third-order valence-corrected chi connectivity index (χ3v) is 5.54. The first-order valence-electron chi connectivity index (χ1n) is 9.22. The smallest absolute Gasteiger partial charge is 0.140 e. The van der Waals surface area contributed by atoms with Crippen LogP contribution in [0.4, 0.5) is 0 Å². The lowest BCUT2D eigenvalue weighted by Crippen LogP contribution is -2.28. The van der Waals surface area contributed by atoms with Crippen molar-refractivity contribution in [2.24, 2.45) is 0 Å². The van der Waals surface area contributed by atoms with E-state index in [1.807, 2.05) is 60.7 Å². The van der Waals surface area contributed by atoms with Crippen molar-refractivity contribution in [3.8, 4) is 0 Å². The fraction of sp³-hybridized carbons (Fsp3) is 0.250. The molecule has 1 fully saturated rings. The summed E-state index contributed by atoms with van der Waals surface area (Å²) in [6.45, 7) is 0. The van der Waals surface area contributed by atoms with Crippen molar-refractivity contribution in [3.63, 3.8) is 0 Å². The molecule has 0 saturated heterocycles. The zero-order valence-corrected chi connectivity index (χ0v) is 14.4. The van der Waals surface area contributed by atoms with Gasteiger partial charge in [0.05, 0.1) is 0 Å². The van der Waals surface area contributed by atoms with E-state index in [0.29, 0.717) is 5.92 Å². The van der Waals surface area contributed by atoms with Crippen LogP contribution in [0, 0.1) is 0 Å². The molecule has 1 N–H and O–H groups in total. The van der Waals surface area contributed by atoms with Gasteiger partial charge in [0.2, 0.25) is 0 Å². The molecule has 1 nitrogen and oxygen atoms in total. The first-order valence-corrected chi connectivity index (χ1v) is 9.22. The molecule has 0 amide bonds. The van der Waals surface area contributed by atoms with Crippen LogP contribution in [0.5, 0.6) is 0 Å². The summed E-state index contributed by atoms with van der Waals surface area (Å²) in [4.78, 5) is 0. The highest BCUT2D eigenvalue weighted by molar-refractivity contribution is 5.47. The van der Waals surface area contributed by atoms with Crippen LogP contribution in [0.2, 0.25) is 0 Å². The van der Waals surface area contributed by atoms with E-state index < -0.39 is 5.60 Å². The molecule has 1 aliphatic carbocycles. The second-order valence-electron chi connectivity index (χ2n) is 7.05. The average molecular weight is 328 g/mol. The van der Waals surface area contributed by atoms with Crippen LogP contribution in [0.15, 0.2) is 84.9 Å². The second kappa shape index (κ2) is 6.85. The van der Waals surface area contributed by atoms with Gasteiger partial charge in [-0.05, 0) is 41.0 Å². The van der Waals surface area contributed by atoms with Crippen LogP contribution in [0.1, 0.15) is 53.9 Å². The Morgan fingerprint density at radius 1 is 0.600 bits per heavy atom. The summed E-state index contributed by atoms with van der Waals surface area (Å²) < 4.78 is 0. The summed E-state index contributed by atoms with van der Waals surface area (Å²) in [5.41, 5.74) is 3.00. The molecule has 0 aromatic heterocycles. The number of hydrogen-bond donors (Lipinski definition) is 1. The Kier molecular flexibility index (Phi) is 4.42. The third kappa shape index (κ3) is 3.01. The standard InChI is InChI=1S/C24H24O/c25-24(21-11-3-1-4-12-21,22-13-5-2-6-14-22)23-17-15-20(16-18-23)19-9-7-8-10-19/h1-6,11-19,25H,7-10H2. The Morgan fingerprint density at radius 2 is 1.04 bits per heavy atom. The van der Waals surface area contributed by atoms with Gasteiger partial charge in [0.1, 0.15) is 5.60 Å². The molecule has 0 aliphatic heterocycles. The minimum atomic E-state index is -1.13. The lowest BCUT2D eigenvalue weighted by atomic mass is 9.80. The first-order chi connectivity index (χ1) is 12.3. The predicted octanol–water partition coefficient (Wildman–Crippen LogP) is 5.63. The van der Waals surface area contributed by atoms with E-state index in [1.165, 1.54) is 31.2 Å². The molecule has 1 heteroatoms. The van der Waals surface area contributed by atoms with Crippen LogP contribution < -0.4 is 0 Å². The van der Waals surface area contributed by atoms with Crippen molar-refractivity contribution in [3.05, 3.63) is 107 Å². The molecule has 1 saturated carbocycles. The van der Waals surface area contributed by atoms with Gasteiger partial charge in [-0.15, -0.1) is 0 Å². The summed E-state index contributed by atoms with van der Waals surface area (Å²) in [6, 6.07) is 28.5. The Balaban J connectivity index is 1.78. The lowest BCUT2D eigenvalue weighted by Gasteiger charge is -2.30. The van der Waals surface area contributed by atoms with Crippen LogP contribution in [0.3, 0.4) is 0 Å². The van der Waals surface area contributed by atoms with E-state index in [-0.39, 0.29) is 0 Å². The van der Waals surface area contributed by atoms with Crippen molar-refractivity contribution in [2.45, 2.75) is 37.2 Å². The van der Waals surface area contributed by atoms with Gasteiger partial charge < -0.3 is 5.11 Å². The highest BCUT2D eigenvalue weighted by Gasteiger charge is 2.33. The molecule has 126 valence electrons. The van der Waals surface area contributed by atoms with E-state index in [0.717, 1.165) is 16.7 Å². The molecule has 25 heavy (non-hydrogen) atoms. The summed E-state index contributed by atoms with van der Waals surface area (Å²) in [7, 11) is 0. The van der Waals surface area contributed by atoms with Crippen molar-refractivity contribution >= 4 is 0 Å². The van der Waals surface area contributed by atoms with Gasteiger partial charge in [-0.2, -0.15) is 0 Å². The largest absolute Gasteiger partial charge is 0.376 e. The van der Waals surface area contributed by atoms with Gasteiger partial charge in [-0.3, -0.25) is 0 Å². The minimum Gasteiger partial charge on any atom is -0.376 e.